The highest BCUT2D eigenvalue weighted by atomic mass is 16.5. The van der Waals surface area contributed by atoms with E-state index in [9.17, 15) is 14.4 Å². The van der Waals surface area contributed by atoms with Gasteiger partial charge in [-0.1, -0.05) is 61.2 Å². The zero-order chi connectivity index (χ0) is 29.3. The van der Waals surface area contributed by atoms with Gasteiger partial charge in [0.05, 0.1) is 17.8 Å². The average Bonchev–Trinajstić information content (AvgIpc) is 3.01. The summed E-state index contributed by atoms with van der Waals surface area (Å²) in [4.78, 5) is 39.8. The van der Waals surface area contributed by atoms with Crippen molar-refractivity contribution in [2.24, 2.45) is 0 Å². The Bertz CT molecular complexity index is 1650. The number of para-hydroxylation sites is 1. The van der Waals surface area contributed by atoms with Crippen molar-refractivity contribution >= 4 is 23.5 Å². The van der Waals surface area contributed by atoms with Crippen LogP contribution in [-0.2, 0) is 22.6 Å². The Morgan fingerprint density at radius 1 is 0.810 bits per heavy atom. The molecule has 0 aromatic heterocycles. The molecule has 0 saturated heterocycles. The summed E-state index contributed by atoms with van der Waals surface area (Å²) >= 11 is 0. The summed E-state index contributed by atoms with van der Waals surface area (Å²) in [5.74, 6) is 6.34. The van der Waals surface area contributed by atoms with E-state index in [-0.39, 0.29) is 31.4 Å². The first-order valence-corrected chi connectivity index (χ1v) is 13.8. The quantitative estimate of drug-likeness (QED) is 0.171. The lowest BCUT2D eigenvalue weighted by Crippen LogP contribution is -2.36. The van der Waals surface area contributed by atoms with Gasteiger partial charge in [-0.3, -0.25) is 9.59 Å². The molecule has 0 spiro atoms. The van der Waals surface area contributed by atoms with Crippen molar-refractivity contribution in [1.29, 1.82) is 0 Å². The second-order valence-corrected chi connectivity index (χ2v) is 9.70. The molecule has 0 aliphatic carbocycles. The topological polar surface area (TPSA) is 84.9 Å². The van der Waals surface area contributed by atoms with Gasteiger partial charge in [-0.05, 0) is 72.1 Å². The predicted molar refractivity (Wildman–Crippen MR) is 160 cm³/mol. The molecular weight excluding hydrogens is 528 g/mol. The van der Waals surface area contributed by atoms with Crippen LogP contribution in [0.1, 0.15) is 46.0 Å². The van der Waals surface area contributed by atoms with E-state index in [1.165, 1.54) is 0 Å². The number of anilines is 1. The van der Waals surface area contributed by atoms with E-state index in [4.69, 9.17) is 9.47 Å². The molecular formula is C35H30N2O5. The minimum Gasteiger partial charge on any atom is -0.484 e. The highest BCUT2D eigenvalue weighted by Gasteiger charge is 2.21. The zero-order valence-corrected chi connectivity index (χ0v) is 23.3. The molecule has 7 nitrogen and oxygen atoms in total. The number of amides is 2. The summed E-state index contributed by atoms with van der Waals surface area (Å²) in [5.41, 5.74) is 4.91. The zero-order valence-electron chi connectivity index (χ0n) is 23.3. The molecule has 0 bridgehead atoms. The lowest BCUT2D eigenvalue weighted by molar-refractivity contribution is -0.123. The van der Waals surface area contributed by atoms with Gasteiger partial charge in [-0.25, -0.2) is 4.79 Å². The summed E-state index contributed by atoms with van der Waals surface area (Å²) in [6.07, 6.45) is 1.03. The van der Waals surface area contributed by atoms with Gasteiger partial charge in [-0.15, -0.1) is 0 Å². The van der Waals surface area contributed by atoms with Crippen LogP contribution in [0.4, 0.5) is 5.69 Å². The van der Waals surface area contributed by atoms with Crippen molar-refractivity contribution in [3.05, 3.63) is 125 Å². The fraction of sp³-hybridized carbons (Fsp3) is 0.171. The number of ether oxygens (including phenoxy) is 2. The van der Waals surface area contributed by atoms with Gasteiger partial charge in [0, 0.05) is 24.1 Å². The molecule has 0 unspecified atom stereocenters. The third-order valence-corrected chi connectivity index (χ3v) is 6.84. The largest absolute Gasteiger partial charge is 0.484 e. The number of hydrogen-bond donors (Lipinski definition) is 1. The fourth-order valence-corrected chi connectivity index (χ4v) is 4.50. The van der Waals surface area contributed by atoms with Crippen molar-refractivity contribution in [2.45, 2.75) is 26.3 Å². The van der Waals surface area contributed by atoms with Crippen LogP contribution in [0, 0.1) is 11.8 Å². The van der Waals surface area contributed by atoms with Crippen molar-refractivity contribution in [3.63, 3.8) is 0 Å². The van der Waals surface area contributed by atoms with Gasteiger partial charge < -0.3 is 19.7 Å². The monoisotopic (exact) mass is 558 g/mol. The highest BCUT2D eigenvalue weighted by molar-refractivity contribution is 5.95. The lowest BCUT2D eigenvalue weighted by Gasteiger charge is -2.26. The molecule has 210 valence electrons. The minimum absolute atomic E-state index is 0.119. The summed E-state index contributed by atoms with van der Waals surface area (Å²) < 4.78 is 11.0. The molecule has 1 N–H and O–H groups in total. The number of carbonyl (C=O) groups excluding carboxylic acids is 3. The Morgan fingerprint density at radius 2 is 1.48 bits per heavy atom. The van der Waals surface area contributed by atoms with E-state index >= 15 is 0 Å². The Labute approximate surface area is 245 Å². The van der Waals surface area contributed by atoms with Crippen LogP contribution in [-0.4, -0.2) is 30.9 Å². The lowest BCUT2D eigenvalue weighted by atomic mass is 10.0. The molecule has 0 saturated carbocycles. The molecule has 7 heteroatoms. The van der Waals surface area contributed by atoms with Crippen LogP contribution >= 0.6 is 0 Å². The van der Waals surface area contributed by atoms with Crippen molar-refractivity contribution < 1.29 is 23.9 Å². The van der Waals surface area contributed by atoms with Gasteiger partial charge >= 0.3 is 5.97 Å². The van der Waals surface area contributed by atoms with Gasteiger partial charge in [0.1, 0.15) is 11.5 Å². The van der Waals surface area contributed by atoms with E-state index in [1.807, 2.05) is 60.7 Å². The van der Waals surface area contributed by atoms with Gasteiger partial charge in [-0.2, -0.15) is 0 Å². The van der Waals surface area contributed by atoms with Gasteiger partial charge in [0.2, 0.25) is 5.91 Å². The number of aryl methyl sites for hydroxylation is 1. The molecule has 0 fully saturated rings. The maximum Gasteiger partial charge on any atom is 0.343 e. The third-order valence-electron chi connectivity index (χ3n) is 6.84. The Hall–Kier alpha value is -5.35. The number of hydrogen-bond acceptors (Lipinski definition) is 5. The van der Waals surface area contributed by atoms with Crippen LogP contribution in [0.3, 0.4) is 0 Å². The molecule has 1 aliphatic rings. The van der Waals surface area contributed by atoms with E-state index in [0.717, 1.165) is 34.4 Å². The number of rotatable bonds is 9. The normalized spacial score (nSPS) is 11.5. The molecule has 0 atom stereocenters. The highest BCUT2D eigenvalue weighted by Crippen LogP contribution is 2.26. The standard InChI is InChI=1S/C35H30N2O5/c1-2-25-11-17-31(18-12-25)42-35(40)28-15-19-30(20-16-28)41-24-33(38)36-22-21-34(39)37-23-29-9-4-3-7-26(29)13-14-27-8-5-6-10-32(27)37/h3-12,15-20H,2,21-24H2,1H3,(H,36,38). The second kappa shape index (κ2) is 13.3. The number of carbonyl (C=O) groups is 3. The Balaban J connectivity index is 1.10. The van der Waals surface area contributed by atoms with Crippen LogP contribution < -0.4 is 19.7 Å². The predicted octanol–water partition coefficient (Wildman–Crippen LogP) is 5.30. The maximum atomic E-state index is 13.3. The summed E-state index contributed by atoms with van der Waals surface area (Å²) in [7, 11) is 0. The average molecular weight is 559 g/mol. The fourth-order valence-electron chi connectivity index (χ4n) is 4.50. The number of benzene rings is 4. The first kappa shape index (κ1) is 28.2. The molecule has 42 heavy (non-hydrogen) atoms. The Kier molecular flexibility index (Phi) is 8.95. The second-order valence-electron chi connectivity index (χ2n) is 9.70. The maximum absolute atomic E-state index is 13.3. The third kappa shape index (κ3) is 7.04. The van der Waals surface area contributed by atoms with E-state index in [1.54, 1.807) is 41.3 Å². The first-order valence-electron chi connectivity index (χ1n) is 13.8. The Morgan fingerprint density at radius 3 is 2.24 bits per heavy atom. The van der Waals surface area contributed by atoms with Crippen LogP contribution in [0.5, 0.6) is 11.5 Å². The summed E-state index contributed by atoms with van der Waals surface area (Å²) in [6, 6.07) is 29.1. The van der Waals surface area contributed by atoms with Gasteiger partial charge in [0.25, 0.3) is 5.91 Å². The number of nitrogens with zero attached hydrogens (tertiary/aromatic N) is 1. The number of fused-ring (bicyclic) bond motifs is 2. The van der Waals surface area contributed by atoms with Crippen LogP contribution in [0.2, 0.25) is 0 Å². The van der Waals surface area contributed by atoms with Crippen molar-refractivity contribution in [3.8, 4) is 23.3 Å². The van der Waals surface area contributed by atoms with Crippen molar-refractivity contribution in [2.75, 3.05) is 18.1 Å². The van der Waals surface area contributed by atoms with Crippen molar-refractivity contribution in [1.82, 2.24) is 5.32 Å². The number of nitrogens with one attached hydrogen (secondary N) is 1. The molecule has 4 aromatic carbocycles. The smallest absolute Gasteiger partial charge is 0.343 e. The van der Waals surface area contributed by atoms with E-state index in [0.29, 0.717) is 23.6 Å². The summed E-state index contributed by atoms with van der Waals surface area (Å²) in [6.45, 7) is 2.39. The van der Waals surface area contributed by atoms with Crippen LogP contribution in [0.15, 0.2) is 97.1 Å². The van der Waals surface area contributed by atoms with Gasteiger partial charge in [0.15, 0.2) is 6.61 Å². The molecule has 5 rings (SSSR count). The molecule has 0 radical (unpaired) electrons. The first-order chi connectivity index (χ1) is 20.5. The molecule has 2 amide bonds. The molecule has 1 aliphatic heterocycles. The van der Waals surface area contributed by atoms with Crippen LogP contribution in [0.25, 0.3) is 0 Å². The SMILES string of the molecule is CCc1ccc(OC(=O)c2ccc(OCC(=O)NCCC(=O)N3Cc4ccccc4C#Cc4ccccc43)cc2)cc1. The minimum atomic E-state index is -0.480. The molecule has 1 heterocycles. The van der Waals surface area contributed by atoms with E-state index < -0.39 is 5.97 Å². The molecule has 4 aromatic rings. The number of esters is 1. The van der Waals surface area contributed by atoms with E-state index in [2.05, 4.69) is 24.1 Å². The summed E-state index contributed by atoms with van der Waals surface area (Å²) in [5, 5.41) is 2.75.